The SMILES string of the molecule is Cc1cc(Cl)nc(NC(=O)C2CCCN2)n1. The first kappa shape index (κ1) is 11.3. The van der Waals surface area contributed by atoms with Gasteiger partial charge in [-0.3, -0.25) is 10.1 Å². The lowest BCUT2D eigenvalue weighted by Gasteiger charge is -2.10. The van der Waals surface area contributed by atoms with Crippen LogP contribution in [0, 0.1) is 6.92 Å². The number of halogens is 1. The molecule has 1 aliphatic heterocycles. The van der Waals surface area contributed by atoms with Crippen molar-refractivity contribution in [2.45, 2.75) is 25.8 Å². The van der Waals surface area contributed by atoms with E-state index in [0.717, 1.165) is 25.1 Å². The van der Waals surface area contributed by atoms with E-state index in [-0.39, 0.29) is 17.9 Å². The van der Waals surface area contributed by atoms with E-state index < -0.39 is 0 Å². The molecule has 0 aliphatic carbocycles. The van der Waals surface area contributed by atoms with Crippen LogP contribution in [-0.4, -0.2) is 28.5 Å². The Morgan fingerprint density at radius 3 is 3.06 bits per heavy atom. The summed E-state index contributed by atoms with van der Waals surface area (Å²) in [5.74, 6) is 0.169. The van der Waals surface area contributed by atoms with Gasteiger partial charge in [0, 0.05) is 5.69 Å². The maximum absolute atomic E-state index is 11.7. The molecule has 0 radical (unpaired) electrons. The average Bonchev–Trinajstić information content (AvgIpc) is 2.68. The Labute approximate surface area is 98.6 Å². The second-order valence-electron chi connectivity index (χ2n) is 3.79. The van der Waals surface area contributed by atoms with E-state index in [4.69, 9.17) is 11.6 Å². The van der Waals surface area contributed by atoms with E-state index >= 15 is 0 Å². The van der Waals surface area contributed by atoms with Crippen LogP contribution in [-0.2, 0) is 4.79 Å². The van der Waals surface area contributed by atoms with Gasteiger partial charge in [-0.1, -0.05) is 11.6 Å². The van der Waals surface area contributed by atoms with Gasteiger partial charge in [0.25, 0.3) is 0 Å². The number of hydrogen-bond donors (Lipinski definition) is 2. The number of nitrogens with zero attached hydrogens (tertiary/aromatic N) is 2. The summed E-state index contributed by atoms with van der Waals surface area (Å²) in [4.78, 5) is 19.8. The number of rotatable bonds is 2. The minimum atomic E-state index is -0.136. The number of aryl methyl sites for hydroxylation is 1. The van der Waals surface area contributed by atoms with E-state index in [1.807, 2.05) is 0 Å². The van der Waals surface area contributed by atoms with Gasteiger partial charge in [-0.15, -0.1) is 0 Å². The summed E-state index contributed by atoms with van der Waals surface area (Å²) in [6.45, 7) is 2.69. The highest BCUT2D eigenvalue weighted by Crippen LogP contribution is 2.11. The molecule has 86 valence electrons. The quantitative estimate of drug-likeness (QED) is 0.761. The predicted octanol–water partition coefficient (Wildman–Crippen LogP) is 1.13. The Morgan fingerprint density at radius 1 is 1.62 bits per heavy atom. The number of carbonyl (C=O) groups excluding carboxylic acids is 1. The van der Waals surface area contributed by atoms with Crippen molar-refractivity contribution in [3.63, 3.8) is 0 Å². The summed E-state index contributed by atoms with van der Waals surface area (Å²) in [6.07, 6.45) is 1.87. The number of anilines is 1. The van der Waals surface area contributed by atoms with E-state index in [0.29, 0.717) is 5.15 Å². The normalized spacial score (nSPS) is 19.8. The monoisotopic (exact) mass is 240 g/mol. The molecule has 5 nitrogen and oxygen atoms in total. The average molecular weight is 241 g/mol. The van der Waals surface area contributed by atoms with Gasteiger partial charge in [0.1, 0.15) is 5.15 Å². The molecule has 6 heteroatoms. The smallest absolute Gasteiger partial charge is 0.243 e. The summed E-state index contributed by atoms with van der Waals surface area (Å²) in [5, 5.41) is 6.10. The number of carbonyl (C=O) groups is 1. The molecule has 1 aromatic rings. The molecule has 1 atom stereocenters. The first-order valence-corrected chi connectivity index (χ1v) is 5.58. The summed E-state index contributed by atoms with van der Waals surface area (Å²) >= 11 is 5.78. The Kier molecular flexibility index (Phi) is 3.36. The van der Waals surface area contributed by atoms with Crippen molar-refractivity contribution in [1.82, 2.24) is 15.3 Å². The number of amides is 1. The molecule has 0 spiro atoms. The molecule has 1 unspecified atom stereocenters. The molecule has 1 fully saturated rings. The van der Waals surface area contributed by atoms with E-state index in [9.17, 15) is 4.79 Å². The summed E-state index contributed by atoms with van der Waals surface area (Å²) < 4.78 is 0. The molecular formula is C10H13ClN4O. The molecule has 1 saturated heterocycles. The summed E-state index contributed by atoms with van der Waals surface area (Å²) in [5.41, 5.74) is 0.731. The van der Waals surface area contributed by atoms with Crippen molar-refractivity contribution in [2.75, 3.05) is 11.9 Å². The minimum absolute atomic E-state index is 0.0980. The Hall–Kier alpha value is -1.20. The number of nitrogens with one attached hydrogen (secondary N) is 2. The van der Waals surface area contributed by atoms with E-state index in [1.165, 1.54) is 0 Å². The number of hydrogen-bond acceptors (Lipinski definition) is 4. The molecule has 0 bridgehead atoms. The van der Waals surface area contributed by atoms with Gasteiger partial charge in [0.05, 0.1) is 6.04 Å². The van der Waals surface area contributed by atoms with Crippen LogP contribution in [0.2, 0.25) is 5.15 Å². The van der Waals surface area contributed by atoms with Crippen LogP contribution in [0.3, 0.4) is 0 Å². The fourth-order valence-electron chi connectivity index (χ4n) is 1.69. The van der Waals surface area contributed by atoms with Crippen molar-refractivity contribution in [1.29, 1.82) is 0 Å². The van der Waals surface area contributed by atoms with Crippen LogP contribution in [0.1, 0.15) is 18.5 Å². The third kappa shape index (κ3) is 2.68. The Morgan fingerprint density at radius 2 is 2.44 bits per heavy atom. The maximum atomic E-state index is 11.7. The van der Waals surface area contributed by atoms with Crippen molar-refractivity contribution in [3.05, 3.63) is 16.9 Å². The Bertz CT molecular complexity index is 384. The number of aromatic nitrogens is 2. The van der Waals surface area contributed by atoms with Crippen molar-refractivity contribution < 1.29 is 4.79 Å². The molecule has 0 saturated carbocycles. The molecule has 1 aliphatic rings. The van der Waals surface area contributed by atoms with Crippen LogP contribution in [0.4, 0.5) is 5.95 Å². The van der Waals surface area contributed by atoms with Crippen LogP contribution in [0.15, 0.2) is 6.07 Å². The highest BCUT2D eigenvalue weighted by atomic mass is 35.5. The molecule has 0 aromatic carbocycles. The van der Waals surface area contributed by atoms with Gasteiger partial charge in [0.15, 0.2) is 0 Å². The third-order valence-electron chi connectivity index (χ3n) is 2.43. The largest absolute Gasteiger partial charge is 0.306 e. The molecule has 1 amide bonds. The summed E-state index contributed by atoms with van der Waals surface area (Å²) in [6, 6.07) is 1.51. The second kappa shape index (κ2) is 4.76. The zero-order chi connectivity index (χ0) is 11.5. The topological polar surface area (TPSA) is 66.9 Å². The second-order valence-corrected chi connectivity index (χ2v) is 4.18. The van der Waals surface area contributed by atoms with E-state index in [2.05, 4.69) is 20.6 Å². The Balaban J connectivity index is 2.05. The van der Waals surface area contributed by atoms with E-state index in [1.54, 1.807) is 13.0 Å². The van der Waals surface area contributed by atoms with Crippen molar-refractivity contribution in [2.24, 2.45) is 0 Å². The lowest BCUT2D eigenvalue weighted by atomic mass is 10.2. The lowest BCUT2D eigenvalue weighted by molar-refractivity contribution is -0.117. The first-order chi connectivity index (χ1) is 7.65. The van der Waals surface area contributed by atoms with Gasteiger partial charge < -0.3 is 5.32 Å². The van der Waals surface area contributed by atoms with Gasteiger partial charge in [-0.05, 0) is 32.4 Å². The van der Waals surface area contributed by atoms with Crippen LogP contribution < -0.4 is 10.6 Å². The van der Waals surface area contributed by atoms with Crippen molar-refractivity contribution in [3.8, 4) is 0 Å². The zero-order valence-corrected chi connectivity index (χ0v) is 9.71. The molecule has 1 aromatic heterocycles. The molecular weight excluding hydrogens is 228 g/mol. The molecule has 2 N–H and O–H groups in total. The highest BCUT2D eigenvalue weighted by Gasteiger charge is 2.22. The fraction of sp³-hybridized carbons (Fsp3) is 0.500. The van der Waals surface area contributed by atoms with Gasteiger partial charge in [-0.25, -0.2) is 9.97 Å². The van der Waals surface area contributed by atoms with Crippen molar-refractivity contribution >= 4 is 23.5 Å². The standard InChI is InChI=1S/C10H13ClN4O/c1-6-5-8(11)14-10(13-6)15-9(16)7-3-2-4-12-7/h5,7,12H,2-4H2,1H3,(H,13,14,15,16). The van der Waals surface area contributed by atoms with Crippen LogP contribution >= 0.6 is 11.6 Å². The van der Waals surface area contributed by atoms with Crippen LogP contribution in [0.5, 0.6) is 0 Å². The van der Waals surface area contributed by atoms with Crippen LogP contribution in [0.25, 0.3) is 0 Å². The minimum Gasteiger partial charge on any atom is -0.306 e. The fourth-order valence-corrected chi connectivity index (χ4v) is 1.93. The maximum Gasteiger partial charge on any atom is 0.243 e. The van der Waals surface area contributed by atoms with Gasteiger partial charge in [-0.2, -0.15) is 0 Å². The van der Waals surface area contributed by atoms with Gasteiger partial charge in [0.2, 0.25) is 11.9 Å². The predicted molar refractivity (Wildman–Crippen MR) is 61.4 cm³/mol. The summed E-state index contributed by atoms with van der Waals surface area (Å²) in [7, 11) is 0. The lowest BCUT2D eigenvalue weighted by Crippen LogP contribution is -2.36. The molecule has 2 heterocycles. The highest BCUT2D eigenvalue weighted by molar-refractivity contribution is 6.29. The van der Waals surface area contributed by atoms with Gasteiger partial charge >= 0.3 is 0 Å². The zero-order valence-electron chi connectivity index (χ0n) is 8.96. The molecule has 16 heavy (non-hydrogen) atoms. The third-order valence-corrected chi connectivity index (χ3v) is 2.63. The molecule has 2 rings (SSSR count). The first-order valence-electron chi connectivity index (χ1n) is 5.20.